The number of benzene rings is 1. The predicted molar refractivity (Wildman–Crippen MR) is 108 cm³/mol. The van der Waals surface area contributed by atoms with Crippen LogP contribution in [-0.4, -0.2) is 47.2 Å². The van der Waals surface area contributed by atoms with Gasteiger partial charge in [-0.1, -0.05) is 0 Å². The monoisotopic (exact) mass is 433 g/mol. The van der Waals surface area contributed by atoms with Crippen molar-refractivity contribution in [2.75, 3.05) is 28.2 Å². The van der Waals surface area contributed by atoms with Gasteiger partial charge in [-0.25, -0.2) is 18.2 Å². The first-order valence-electron chi connectivity index (χ1n) is 10.5. The number of halogens is 3. The van der Waals surface area contributed by atoms with E-state index in [1.165, 1.54) is 0 Å². The first kappa shape index (κ1) is 19.9. The third-order valence-corrected chi connectivity index (χ3v) is 6.12. The molecule has 0 spiro atoms. The van der Waals surface area contributed by atoms with E-state index in [0.29, 0.717) is 25.3 Å². The molecule has 1 saturated heterocycles. The van der Waals surface area contributed by atoms with Crippen molar-refractivity contribution in [1.29, 1.82) is 0 Å². The molecule has 164 valence electrons. The summed E-state index contributed by atoms with van der Waals surface area (Å²) >= 11 is 0. The van der Waals surface area contributed by atoms with E-state index < -0.39 is 17.5 Å². The maximum atomic E-state index is 13.3. The molecule has 1 saturated carbocycles. The summed E-state index contributed by atoms with van der Waals surface area (Å²) in [6.45, 7) is 3.30. The van der Waals surface area contributed by atoms with Crippen molar-refractivity contribution in [1.82, 2.24) is 9.97 Å². The van der Waals surface area contributed by atoms with Gasteiger partial charge in [0.25, 0.3) is 0 Å². The molecule has 0 radical (unpaired) electrons. The third-order valence-electron chi connectivity index (χ3n) is 6.12. The molecule has 0 bridgehead atoms. The molecule has 31 heavy (non-hydrogen) atoms. The highest BCUT2D eigenvalue weighted by Crippen LogP contribution is 2.39. The molecule has 3 aliphatic rings. The number of carbonyl (C=O) groups excluding carboxylic acids is 1. The van der Waals surface area contributed by atoms with Crippen LogP contribution in [0.3, 0.4) is 0 Å². The zero-order chi connectivity index (χ0) is 21.7. The molecule has 10 heteroatoms. The number of carbonyl (C=O) groups is 1. The smallest absolute Gasteiger partial charge is 0.249 e. The first-order valence-corrected chi connectivity index (χ1v) is 10.5. The molecule has 5 rings (SSSR count). The number of ether oxygens (including phenoxy) is 1. The van der Waals surface area contributed by atoms with Crippen molar-refractivity contribution in [3.63, 3.8) is 0 Å². The van der Waals surface area contributed by atoms with Gasteiger partial charge in [-0.05, 0) is 19.8 Å². The molecular weight excluding hydrogens is 411 g/mol. The molecule has 1 aliphatic carbocycles. The van der Waals surface area contributed by atoms with Crippen LogP contribution in [0.25, 0.3) is 0 Å². The maximum absolute atomic E-state index is 13.3. The summed E-state index contributed by atoms with van der Waals surface area (Å²) in [6.07, 6.45) is 4.40. The Morgan fingerprint density at radius 3 is 2.68 bits per heavy atom. The number of nitrogens with one attached hydrogen (secondary N) is 1. The number of hydrogen-bond acceptors (Lipinski definition) is 6. The summed E-state index contributed by atoms with van der Waals surface area (Å²) in [7, 11) is 0. The van der Waals surface area contributed by atoms with Crippen LogP contribution < -0.4 is 19.9 Å². The maximum Gasteiger partial charge on any atom is 0.249 e. The second-order valence-corrected chi connectivity index (χ2v) is 8.09. The summed E-state index contributed by atoms with van der Waals surface area (Å²) in [5, 5.41) is 3.26. The van der Waals surface area contributed by atoms with Crippen LogP contribution in [-0.2, 0) is 4.79 Å². The van der Waals surface area contributed by atoms with Gasteiger partial charge in [-0.15, -0.1) is 0 Å². The fraction of sp³-hybridized carbons (Fsp3) is 0.476. The molecule has 2 fully saturated rings. The van der Waals surface area contributed by atoms with Crippen LogP contribution in [0, 0.1) is 17.5 Å². The van der Waals surface area contributed by atoms with Gasteiger partial charge in [0.15, 0.2) is 23.3 Å². The minimum absolute atomic E-state index is 0.0331. The Morgan fingerprint density at radius 1 is 1.23 bits per heavy atom. The van der Waals surface area contributed by atoms with Gasteiger partial charge in [-0.2, -0.15) is 4.98 Å². The first-order chi connectivity index (χ1) is 14.9. The second kappa shape index (κ2) is 7.58. The molecule has 1 aromatic carbocycles. The molecule has 1 unspecified atom stereocenters. The zero-order valence-corrected chi connectivity index (χ0v) is 16.9. The van der Waals surface area contributed by atoms with Crippen molar-refractivity contribution < 1.29 is 22.7 Å². The Hall–Kier alpha value is -3.04. The number of anilines is 3. The molecule has 1 atom stereocenters. The topological polar surface area (TPSA) is 70.6 Å². The van der Waals surface area contributed by atoms with E-state index in [1.54, 1.807) is 11.1 Å². The molecule has 1 N–H and O–H groups in total. The summed E-state index contributed by atoms with van der Waals surface area (Å²) in [6, 6.07) is 1.58. The zero-order valence-electron chi connectivity index (χ0n) is 16.9. The highest BCUT2D eigenvalue weighted by atomic mass is 19.2. The average Bonchev–Trinajstić information content (AvgIpc) is 3.21. The number of amides is 1. The van der Waals surface area contributed by atoms with E-state index in [1.807, 2.05) is 6.92 Å². The minimum Gasteiger partial charge on any atom is -0.490 e. The molecule has 2 aromatic rings. The van der Waals surface area contributed by atoms with Crippen molar-refractivity contribution >= 4 is 23.4 Å². The quantitative estimate of drug-likeness (QED) is 0.730. The van der Waals surface area contributed by atoms with Gasteiger partial charge in [-0.3, -0.25) is 4.79 Å². The summed E-state index contributed by atoms with van der Waals surface area (Å²) in [5.41, 5.74) is 0.728. The lowest BCUT2D eigenvalue weighted by Gasteiger charge is -2.39. The molecule has 7 nitrogen and oxygen atoms in total. The molecule has 1 aromatic heterocycles. The minimum atomic E-state index is -1.51. The third kappa shape index (κ3) is 3.43. The van der Waals surface area contributed by atoms with Gasteiger partial charge < -0.3 is 19.9 Å². The van der Waals surface area contributed by atoms with Gasteiger partial charge in [0.2, 0.25) is 11.9 Å². The van der Waals surface area contributed by atoms with E-state index in [0.717, 1.165) is 43.0 Å². The van der Waals surface area contributed by atoms with Crippen LogP contribution in [0.15, 0.2) is 18.3 Å². The van der Waals surface area contributed by atoms with Crippen LogP contribution in [0.1, 0.15) is 32.6 Å². The SMILES string of the molecule is CCN1C(=O)C2CCCN2c2nc(N[C@H]3C[C@H](Oc4cc(F)c(F)c(F)c4)C3)ncc21. The van der Waals surface area contributed by atoms with Gasteiger partial charge >= 0.3 is 0 Å². The lowest BCUT2D eigenvalue weighted by Crippen LogP contribution is -2.51. The normalized spacial score (nSPS) is 24.5. The Labute approximate surface area is 177 Å². The fourth-order valence-corrected chi connectivity index (χ4v) is 4.49. The summed E-state index contributed by atoms with van der Waals surface area (Å²) in [5.74, 6) is -2.74. The summed E-state index contributed by atoms with van der Waals surface area (Å²) < 4.78 is 45.3. The van der Waals surface area contributed by atoms with E-state index in [9.17, 15) is 18.0 Å². The largest absolute Gasteiger partial charge is 0.490 e. The van der Waals surface area contributed by atoms with E-state index in [-0.39, 0.29) is 29.8 Å². The number of hydrogen-bond donors (Lipinski definition) is 1. The molecule has 1 amide bonds. The van der Waals surface area contributed by atoms with E-state index in [4.69, 9.17) is 4.74 Å². The Kier molecular flexibility index (Phi) is 4.86. The number of likely N-dealkylation sites (N-methyl/N-ethyl adjacent to an activating group) is 1. The highest BCUT2D eigenvalue weighted by Gasteiger charge is 2.42. The molecule has 3 heterocycles. The van der Waals surface area contributed by atoms with E-state index in [2.05, 4.69) is 20.2 Å². The molecule has 2 aliphatic heterocycles. The summed E-state index contributed by atoms with van der Waals surface area (Å²) in [4.78, 5) is 25.5. The lowest BCUT2D eigenvalue weighted by atomic mass is 9.89. The van der Waals surface area contributed by atoms with Crippen LogP contribution >= 0.6 is 0 Å². The van der Waals surface area contributed by atoms with Gasteiger partial charge in [0.1, 0.15) is 23.6 Å². The van der Waals surface area contributed by atoms with Gasteiger partial charge in [0.05, 0.1) is 6.20 Å². The Balaban J connectivity index is 1.25. The van der Waals surface area contributed by atoms with Crippen molar-refractivity contribution in [3.05, 3.63) is 35.8 Å². The van der Waals surface area contributed by atoms with Crippen LogP contribution in [0.5, 0.6) is 5.75 Å². The van der Waals surface area contributed by atoms with Gasteiger partial charge in [0, 0.05) is 44.1 Å². The van der Waals surface area contributed by atoms with Crippen molar-refractivity contribution in [3.8, 4) is 5.75 Å². The van der Waals surface area contributed by atoms with E-state index >= 15 is 0 Å². The highest BCUT2D eigenvalue weighted by molar-refractivity contribution is 6.05. The number of rotatable bonds is 5. The molecular formula is C21H22F3N5O2. The lowest BCUT2D eigenvalue weighted by molar-refractivity contribution is -0.119. The Morgan fingerprint density at radius 2 is 1.97 bits per heavy atom. The predicted octanol–water partition coefficient (Wildman–Crippen LogP) is 3.25. The second-order valence-electron chi connectivity index (χ2n) is 8.09. The standard InChI is InChI=1S/C21H22F3N5O2/c1-2-28-17-10-25-21(27-19(17)29-5-3-4-16(29)20(28)30)26-11-6-12(7-11)31-13-8-14(22)18(24)15(23)9-13/h8-12,16H,2-7H2,1H3,(H,25,26,27)/t11-,12-,16?. The number of aromatic nitrogens is 2. The Bertz CT molecular complexity index is 1010. The van der Waals surface area contributed by atoms with Crippen LogP contribution in [0.2, 0.25) is 0 Å². The number of nitrogens with zero attached hydrogens (tertiary/aromatic N) is 4. The van der Waals surface area contributed by atoms with Crippen molar-refractivity contribution in [2.45, 2.75) is 50.8 Å². The fourth-order valence-electron chi connectivity index (χ4n) is 4.49. The number of fused-ring (bicyclic) bond motifs is 3. The average molecular weight is 433 g/mol. The van der Waals surface area contributed by atoms with Crippen molar-refractivity contribution in [2.24, 2.45) is 0 Å². The van der Waals surface area contributed by atoms with Crippen LogP contribution in [0.4, 0.5) is 30.6 Å².